The summed E-state index contributed by atoms with van der Waals surface area (Å²) in [5.74, 6) is -2.84. The van der Waals surface area contributed by atoms with Crippen molar-refractivity contribution < 1.29 is 48.3 Å². The van der Waals surface area contributed by atoms with E-state index in [0.717, 1.165) is 32.1 Å². The predicted octanol–water partition coefficient (Wildman–Crippen LogP) is 5.73. The Bertz CT molecular complexity index is 606. The molecule has 0 atom stereocenters. The van der Waals surface area contributed by atoms with Gasteiger partial charge in [-0.25, -0.2) is 19.2 Å². The third kappa shape index (κ3) is 37.4. The molecule has 0 rings (SSSR count). The van der Waals surface area contributed by atoms with E-state index in [9.17, 15) is 19.2 Å². The largest absolute Gasteiger partial charge is 0.462 e. The highest BCUT2D eigenvalue weighted by molar-refractivity contribution is 6.13. The first kappa shape index (κ1) is 50.2. The molecule has 0 unspecified atom stereocenters. The van der Waals surface area contributed by atoms with E-state index in [-0.39, 0.29) is 52.4 Å². The summed E-state index contributed by atoms with van der Waals surface area (Å²) >= 11 is 0. The number of ether oxygens (including phenoxy) is 4. The van der Waals surface area contributed by atoms with Gasteiger partial charge in [0.05, 0.1) is 26.4 Å². The van der Waals surface area contributed by atoms with Gasteiger partial charge >= 0.3 is 23.9 Å². The van der Waals surface area contributed by atoms with Gasteiger partial charge in [0.15, 0.2) is 0 Å². The Morgan fingerprint density at radius 2 is 0.825 bits per heavy atom. The van der Waals surface area contributed by atoms with Crippen LogP contribution >= 0.6 is 0 Å². The maximum atomic E-state index is 11.3. The number of unbranched alkanes of at least 4 members (excludes halogenated alkanes) is 6. The van der Waals surface area contributed by atoms with Crippen molar-refractivity contribution in [3.63, 3.8) is 0 Å². The number of aliphatic hydroxyl groups is 2. The van der Waals surface area contributed by atoms with E-state index in [4.69, 9.17) is 14.9 Å². The van der Waals surface area contributed by atoms with Gasteiger partial charge < -0.3 is 29.2 Å². The van der Waals surface area contributed by atoms with Crippen LogP contribution in [0.25, 0.3) is 0 Å². The van der Waals surface area contributed by atoms with Crippen LogP contribution in [0, 0.1) is 0 Å². The van der Waals surface area contributed by atoms with Gasteiger partial charge in [-0.2, -0.15) is 0 Å². The first-order chi connectivity index (χ1) is 18.1. The summed E-state index contributed by atoms with van der Waals surface area (Å²) < 4.78 is 18.6. The molecule has 240 valence electrons. The highest BCUT2D eigenvalue weighted by Gasteiger charge is 2.18. The second kappa shape index (κ2) is 40.8. The molecule has 0 aromatic carbocycles. The van der Waals surface area contributed by atoms with Crippen LogP contribution in [-0.2, 0) is 38.1 Å². The summed E-state index contributed by atoms with van der Waals surface area (Å²) in [6.07, 6.45) is 8.77. The fourth-order valence-corrected chi connectivity index (χ4v) is 2.14. The Labute approximate surface area is 244 Å². The van der Waals surface area contributed by atoms with Gasteiger partial charge in [-0.05, 0) is 40.5 Å². The van der Waals surface area contributed by atoms with Crippen molar-refractivity contribution in [1.82, 2.24) is 0 Å². The maximum absolute atomic E-state index is 11.3. The summed E-state index contributed by atoms with van der Waals surface area (Å²) in [4.78, 5) is 44.0. The zero-order chi connectivity index (χ0) is 30.2. The lowest BCUT2D eigenvalue weighted by molar-refractivity contribution is -0.148. The van der Waals surface area contributed by atoms with Gasteiger partial charge in [-0.1, -0.05) is 80.4 Å². The van der Waals surface area contributed by atoms with Crippen LogP contribution in [0.2, 0.25) is 0 Å². The molecule has 0 fully saturated rings. The van der Waals surface area contributed by atoms with E-state index in [1.807, 2.05) is 0 Å². The summed E-state index contributed by atoms with van der Waals surface area (Å²) in [6, 6.07) is 0. The van der Waals surface area contributed by atoms with Gasteiger partial charge in [0.25, 0.3) is 0 Å². The maximum Gasteiger partial charge on any atom is 0.344 e. The topological polar surface area (TPSA) is 146 Å². The Balaban J connectivity index is -0.000000107. The zero-order valence-corrected chi connectivity index (χ0v) is 24.5. The number of hydrogen-bond donors (Lipinski definition) is 2. The van der Waals surface area contributed by atoms with Crippen LogP contribution in [0.3, 0.4) is 0 Å². The second-order valence-corrected chi connectivity index (χ2v) is 7.42. The Morgan fingerprint density at radius 1 is 0.525 bits per heavy atom. The fraction of sp³-hybridized carbons (Fsp3) is 0.733. The number of carbonyl (C=O) groups is 4. The molecule has 40 heavy (non-hydrogen) atoms. The Morgan fingerprint density at radius 3 is 1.10 bits per heavy atom. The Hall–Kier alpha value is -2.72. The molecule has 0 heterocycles. The van der Waals surface area contributed by atoms with Crippen molar-refractivity contribution >= 4 is 23.9 Å². The summed E-state index contributed by atoms with van der Waals surface area (Å²) in [7, 11) is 0. The number of esters is 4. The quantitative estimate of drug-likeness (QED) is 0.0579. The van der Waals surface area contributed by atoms with Gasteiger partial charge in [-0.15, -0.1) is 0 Å². The average Bonchev–Trinajstić information content (AvgIpc) is 2.89. The first-order valence-electron chi connectivity index (χ1n) is 13.4. The lowest BCUT2D eigenvalue weighted by atomic mass is 10.2. The normalized spacial score (nSPS) is 8.60. The van der Waals surface area contributed by atoms with E-state index >= 15 is 0 Å². The van der Waals surface area contributed by atoms with Crippen molar-refractivity contribution in [2.75, 3.05) is 39.6 Å². The molecular formula is C30H60O10. The summed E-state index contributed by atoms with van der Waals surface area (Å²) in [5.41, 5.74) is -0.504. The van der Waals surface area contributed by atoms with E-state index in [1.54, 1.807) is 27.7 Å². The highest BCUT2D eigenvalue weighted by atomic mass is 16.6. The molecular weight excluding hydrogens is 520 g/mol. The van der Waals surface area contributed by atoms with Crippen LogP contribution in [0.15, 0.2) is 24.3 Å². The van der Waals surface area contributed by atoms with Crippen molar-refractivity contribution in [3.05, 3.63) is 24.3 Å². The lowest BCUT2D eigenvalue weighted by Gasteiger charge is -2.06. The van der Waals surface area contributed by atoms with Gasteiger partial charge in [0.2, 0.25) is 0 Å². The molecule has 0 aliphatic heterocycles. The lowest BCUT2D eigenvalue weighted by Crippen LogP contribution is -2.17. The van der Waals surface area contributed by atoms with Crippen molar-refractivity contribution in [2.24, 2.45) is 0 Å². The highest BCUT2D eigenvalue weighted by Crippen LogP contribution is 2.03. The van der Waals surface area contributed by atoms with Crippen molar-refractivity contribution in [3.8, 4) is 0 Å². The van der Waals surface area contributed by atoms with Crippen LogP contribution in [0.5, 0.6) is 0 Å². The van der Waals surface area contributed by atoms with Crippen molar-refractivity contribution in [2.45, 2.75) is 108 Å². The fourth-order valence-electron chi connectivity index (χ4n) is 2.14. The van der Waals surface area contributed by atoms with E-state index in [1.165, 1.54) is 19.3 Å². The molecule has 0 aliphatic carbocycles. The average molecular weight is 581 g/mol. The molecule has 0 radical (unpaired) electrons. The molecule has 0 bridgehead atoms. The number of rotatable bonds is 16. The van der Waals surface area contributed by atoms with E-state index in [2.05, 4.69) is 41.2 Å². The van der Waals surface area contributed by atoms with Crippen LogP contribution in [0.1, 0.15) is 108 Å². The van der Waals surface area contributed by atoms with Gasteiger partial charge in [0.1, 0.15) is 11.1 Å². The minimum atomic E-state index is -0.726. The second-order valence-electron chi connectivity index (χ2n) is 7.42. The molecule has 10 nitrogen and oxygen atoms in total. The van der Waals surface area contributed by atoms with Crippen molar-refractivity contribution in [1.29, 1.82) is 0 Å². The minimum absolute atomic E-state index is 0. The van der Waals surface area contributed by atoms with Crippen LogP contribution in [-0.4, -0.2) is 73.7 Å². The molecule has 0 saturated heterocycles. The number of carbonyl (C=O) groups excluding carboxylic acids is 4. The molecule has 10 heteroatoms. The molecule has 0 aromatic rings. The van der Waals surface area contributed by atoms with E-state index < -0.39 is 23.9 Å². The first-order valence-corrected chi connectivity index (χ1v) is 13.4. The monoisotopic (exact) mass is 580 g/mol. The van der Waals surface area contributed by atoms with Gasteiger partial charge in [0, 0.05) is 13.2 Å². The molecule has 0 aromatic heterocycles. The molecule has 0 aliphatic rings. The van der Waals surface area contributed by atoms with Crippen LogP contribution in [0.4, 0.5) is 0 Å². The van der Waals surface area contributed by atoms with E-state index in [0.29, 0.717) is 13.2 Å². The summed E-state index contributed by atoms with van der Waals surface area (Å²) in [5, 5.41) is 15.9. The van der Waals surface area contributed by atoms with Crippen LogP contribution < -0.4 is 0 Å². The predicted molar refractivity (Wildman–Crippen MR) is 161 cm³/mol. The van der Waals surface area contributed by atoms with Gasteiger partial charge in [-0.3, -0.25) is 0 Å². The standard InChI is InChI=1S/C12H20O4.C8H12O4.C6H14O.C2H6O.2CH4/c1-4-6-7-8-9-16-12(14)10(3)11(13)15-5-2;1-4-11-7(9)6(3)8(10)12-5-2;1-2-3-4-5-6-7;1-2-3;;/h3-9H2,1-2H3;3-5H2,1-2H3;7H,2-6H2,1H3;3H,2H2,1H3;2*1H4. The smallest absolute Gasteiger partial charge is 0.344 e. The SMILES string of the molecule is C.C.C=C(C(=O)OCC)C(=O)OCC.C=C(C(=O)OCC)C(=O)OCCCCCC.CCCCCCO.CCO. The molecule has 0 amide bonds. The number of hydrogen-bond acceptors (Lipinski definition) is 10. The molecule has 2 N–H and O–H groups in total. The summed E-state index contributed by atoms with van der Waals surface area (Å²) in [6.45, 7) is 19.1. The minimum Gasteiger partial charge on any atom is -0.462 e. The third-order valence-corrected chi connectivity index (χ3v) is 4.05. The molecule has 0 spiro atoms. The molecule has 0 saturated carbocycles. The third-order valence-electron chi connectivity index (χ3n) is 4.05. The Kier molecular flexibility index (Phi) is 51.1. The zero-order valence-electron chi connectivity index (χ0n) is 24.5. The number of aliphatic hydroxyl groups excluding tert-OH is 2.